The van der Waals surface area contributed by atoms with E-state index >= 15 is 0 Å². The summed E-state index contributed by atoms with van der Waals surface area (Å²) in [5.74, 6) is 0.934. The molecule has 2 rings (SSSR count). The molecule has 17 heavy (non-hydrogen) atoms. The second kappa shape index (κ2) is 5.19. The second-order valence-corrected chi connectivity index (χ2v) is 5.46. The number of nitrogens with two attached hydrogens (primary N) is 1. The molecule has 1 saturated carbocycles. The minimum Gasteiger partial charge on any atom is -0.326 e. The molecule has 0 heterocycles. The molecule has 0 bridgehead atoms. The Labute approximate surface area is 105 Å². The summed E-state index contributed by atoms with van der Waals surface area (Å²) in [6.07, 6.45) is 2.83. The first kappa shape index (κ1) is 12.6. The normalized spacial score (nSPS) is 17.5. The summed E-state index contributed by atoms with van der Waals surface area (Å²) in [6, 6.07) is 7.31. The smallest absolute Gasteiger partial charge is 0.0236 e. The molecule has 0 amide bonds. The lowest BCUT2D eigenvalue weighted by atomic mass is 10.0. The summed E-state index contributed by atoms with van der Waals surface area (Å²) in [4.78, 5) is 2.47. The van der Waals surface area contributed by atoms with Crippen LogP contribution in [0, 0.1) is 12.8 Å². The summed E-state index contributed by atoms with van der Waals surface area (Å²) in [5, 5.41) is 0. The maximum Gasteiger partial charge on any atom is 0.0236 e. The Hall–Kier alpha value is -0.860. The SMILES string of the molecule is Cc1cc(CN)ccc1CN(C)C(C)C1CC1. The van der Waals surface area contributed by atoms with Gasteiger partial charge in [0.05, 0.1) is 0 Å². The maximum absolute atomic E-state index is 5.66. The highest BCUT2D eigenvalue weighted by molar-refractivity contribution is 5.31. The number of rotatable bonds is 5. The number of hydrogen-bond donors (Lipinski definition) is 1. The summed E-state index contributed by atoms with van der Waals surface area (Å²) < 4.78 is 0. The van der Waals surface area contributed by atoms with E-state index in [0.29, 0.717) is 12.6 Å². The van der Waals surface area contributed by atoms with E-state index in [1.54, 1.807) is 0 Å². The van der Waals surface area contributed by atoms with E-state index in [9.17, 15) is 0 Å². The van der Waals surface area contributed by atoms with Crippen molar-refractivity contribution in [3.8, 4) is 0 Å². The zero-order chi connectivity index (χ0) is 12.4. The number of nitrogens with zero attached hydrogens (tertiary/aromatic N) is 1. The van der Waals surface area contributed by atoms with Crippen LogP contribution in [0.2, 0.25) is 0 Å². The molecule has 0 aromatic heterocycles. The first-order valence-corrected chi connectivity index (χ1v) is 6.60. The molecular formula is C15H24N2. The third-order valence-electron chi connectivity index (χ3n) is 4.06. The van der Waals surface area contributed by atoms with Gasteiger partial charge in [-0.3, -0.25) is 4.90 Å². The number of benzene rings is 1. The van der Waals surface area contributed by atoms with Gasteiger partial charge in [-0.15, -0.1) is 0 Å². The molecule has 0 saturated heterocycles. The molecule has 1 aromatic carbocycles. The van der Waals surface area contributed by atoms with Gasteiger partial charge in [0.15, 0.2) is 0 Å². The summed E-state index contributed by atoms with van der Waals surface area (Å²) in [5.41, 5.74) is 9.67. The highest BCUT2D eigenvalue weighted by atomic mass is 15.1. The van der Waals surface area contributed by atoms with E-state index < -0.39 is 0 Å². The van der Waals surface area contributed by atoms with Gasteiger partial charge in [-0.1, -0.05) is 18.2 Å². The lowest BCUT2D eigenvalue weighted by Crippen LogP contribution is -2.30. The average molecular weight is 232 g/mol. The van der Waals surface area contributed by atoms with Crippen molar-refractivity contribution in [3.63, 3.8) is 0 Å². The van der Waals surface area contributed by atoms with Crippen LogP contribution >= 0.6 is 0 Å². The van der Waals surface area contributed by atoms with Crippen LogP contribution in [-0.4, -0.2) is 18.0 Å². The fourth-order valence-corrected chi connectivity index (χ4v) is 2.41. The summed E-state index contributed by atoms with van der Waals surface area (Å²) in [7, 11) is 2.24. The monoisotopic (exact) mass is 232 g/mol. The largest absolute Gasteiger partial charge is 0.326 e. The molecule has 1 atom stereocenters. The van der Waals surface area contributed by atoms with Gasteiger partial charge in [0.1, 0.15) is 0 Å². The molecular weight excluding hydrogens is 208 g/mol. The van der Waals surface area contributed by atoms with Crippen LogP contribution in [0.4, 0.5) is 0 Å². The first-order valence-electron chi connectivity index (χ1n) is 6.60. The van der Waals surface area contributed by atoms with Gasteiger partial charge in [-0.25, -0.2) is 0 Å². The van der Waals surface area contributed by atoms with Crippen LogP contribution in [-0.2, 0) is 13.1 Å². The maximum atomic E-state index is 5.66. The first-order chi connectivity index (χ1) is 8.11. The molecule has 1 aliphatic rings. The molecule has 0 spiro atoms. The highest BCUT2D eigenvalue weighted by Crippen LogP contribution is 2.35. The zero-order valence-corrected chi connectivity index (χ0v) is 11.2. The standard InChI is InChI=1S/C15H24N2/c1-11-8-13(9-16)4-5-15(11)10-17(3)12(2)14-6-7-14/h4-5,8,12,14H,6-7,9-10,16H2,1-3H3. The lowest BCUT2D eigenvalue weighted by molar-refractivity contribution is 0.226. The van der Waals surface area contributed by atoms with Crippen molar-refractivity contribution in [1.82, 2.24) is 4.90 Å². The predicted octanol–water partition coefficient (Wildman–Crippen LogP) is 2.68. The Bertz CT molecular complexity index is 383. The van der Waals surface area contributed by atoms with Crippen LogP contribution in [0.5, 0.6) is 0 Å². The summed E-state index contributed by atoms with van der Waals surface area (Å²) >= 11 is 0. The lowest BCUT2D eigenvalue weighted by Gasteiger charge is -2.25. The van der Waals surface area contributed by atoms with E-state index in [4.69, 9.17) is 5.73 Å². The van der Waals surface area contributed by atoms with Gasteiger partial charge < -0.3 is 5.73 Å². The van der Waals surface area contributed by atoms with Gasteiger partial charge >= 0.3 is 0 Å². The molecule has 1 aliphatic carbocycles. The Morgan fingerprint density at radius 1 is 1.41 bits per heavy atom. The Kier molecular flexibility index (Phi) is 3.85. The molecule has 1 aromatic rings. The molecule has 1 fully saturated rings. The van der Waals surface area contributed by atoms with E-state index in [-0.39, 0.29) is 0 Å². The Morgan fingerprint density at radius 2 is 2.12 bits per heavy atom. The van der Waals surface area contributed by atoms with Crippen LogP contribution in [0.3, 0.4) is 0 Å². The number of hydrogen-bond acceptors (Lipinski definition) is 2. The Balaban J connectivity index is 2.02. The average Bonchev–Trinajstić information content (AvgIpc) is 3.14. The van der Waals surface area contributed by atoms with Crippen molar-refractivity contribution in [1.29, 1.82) is 0 Å². The van der Waals surface area contributed by atoms with E-state index in [2.05, 4.69) is 44.0 Å². The van der Waals surface area contributed by atoms with Crippen LogP contribution in [0.25, 0.3) is 0 Å². The predicted molar refractivity (Wildman–Crippen MR) is 72.7 cm³/mol. The Morgan fingerprint density at radius 3 is 2.65 bits per heavy atom. The van der Waals surface area contributed by atoms with Crippen molar-refractivity contribution in [3.05, 3.63) is 34.9 Å². The minimum atomic E-state index is 0.634. The van der Waals surface area contributed by atoms with Crippen molar-refractivity contribution in [2.75, 3.05) is 7.05 Å². The van der Waals surface area contributed by atoms with Gasteiger partial charge in [0.25, 0.3) is 0 Å². The third kappa shape index (κ3) is 3.08. The molecule has 2 N–H and O–H groups in total. The van der Waals surface area contributed by atoms with Gasteiger partial charge in [-0.05, 0) is 56.3 Å². The van der Waals surface area contributed by atoms with Crippen molar-refractivity contribution in [2.24, 2.45) is 11.7 Å². The van der Waals surface area contributed by atoms with Gasteiger partial charge in [0, 0.05) is 19.1 Å². The van der Waals surface area contributed by atoms with E-state index in [1.165, 1.54) is 29.5 Å². The fraction of sp³-hybridized carbons (Fsp3) is 0.600. The summed E-state index contributed by atoms with van der Waals surface area (Å²) in [6.45, 7) is 6.22. The third-order valence-corrected chi connectivity index (χ3v) is 4.06. The second-order valence-electron chi connectivity index (χ2n) is 5.46. The molecule has 2 nitrogen and oxygen atoms in total. The number of aryl methyl sites for hydroxylation is 1. The quantitative estimate of drug-likeness (QED) is 0.845. The van der Waals surface area contributed by atoms with Gasteiger partial charge in [-0.2, -0.15) is 0 Å². The minimum absolute atomic E-state index is 0.634. The topological polar surface area (TPSA) is 29.3 Å². The zero-order valence-electron chi connectivity index (χ0n) is 11.2. The molecule has 0 aliphatic heterocycles. The van der Waals surface area contributed by atoms with Crippen molar-refractivity contribution < 1.29 is 0 Å². The van der Waals surface area contributed by atoms with Crippen LogP contribution in [0.1, 0.15) is 36.5 Å². The van der Waals surface area contributed by atoms with Gasteiger partial charge in [0.2, 0.25) is 0 Å². The van der Waals surface area contributed by atoms with Crippen molar-refractivity contribution >= 4 is 0 Å². The highest BCUT2D eigenvalue weighted by Gasteiger charge is 2.30. The fourth-order valence-electron chi connectivity index (χ4n) is 2.41. The van der Waals surface area contributed by atoms with Crippen LogP contribution in [0.15, 0.2) is 18.2 Å². The van der Waals surface area contributed by atoms with E-state index in [1.807, 2.05) is 0 Å². The molecule has 0 radical (unpaired) electrons. The molecule has 1 unspecified atom stereocenters. The van der Waals surface area contributed by atoms with Crippen molar-refractivity contribution in [2.45, 2.75) is 45.8 Å². The molecule has 2 heteroatoms. The van der Waals surface area contributed by atoms with E-state index in [0.717, 1.165) is 12.5 Å². The van der Waals surface area contributed by atoms with Crippen LogP contribution < -0.4 is 5.73 Å². The molecule has 94 valence electrons.